The number of hydrogen-bond acceptors (Lipinski definition) is 4. The van der Waals surface area contributed by atoms with E-state index in [1.165, 1.54) is 0 Å². The van der Waals surface area contributed by atoms with Crippen LogP contribution in [0.4, 0.5) is 0 Å². The molecule has 0 aromatic heterocycles. The molecule has 0 aliphatic heterocycles. The third kappa shape index (κ3) is 3.64. The number of hydrogen-bond donors (Lipinski definition) is 2. The monoisotopic (exact) mass is 264 g/mol. The molecule has 1 aliphatic rings. The quantitative estimate of drug-likeness (QED) is 0.805. The third-order valence-corrected chi connectivity index (χ3v) is 3.75. The van der Waals surface area contributed by atoms with Gasteiger partial charge in [0, 0.05) is 5.46 Å². The Balaban J connectivity index is 2.10. The van der Waals surface area contributed by atoms with Crippen LogP contribution in [0.1, 0.15) is 32.6 Å². The number of benzene rings is 1. The maximum atomic E-state index is 9.42. The van der Waals surface area contributed by atoms with Gasteiger partial charge in [-0.15, -0.1) is 0 Å². The van der Waals surface area contributed by atoms with Gasteiger partial charge in [-0.25, -0.2) is 0 Å². The Hall–Kier alpha value is -1.20. The van der Waals surface area contributed by atoms with Crippen LogP contribution in [0.25, 0.3) is 0 Å². The van der Waals surface area contributed by atoms with Crippen LogP contribution in [0.15, 0.2) is 18.2 Å². The Bertz CT molecular complexity index is 414. The highest BCUT2D eigenvalue weighted by Crippen LogP contribution is 2.27. The summed E-state index contributed by atoms with van der Waals surface area (Å²) in [5, 5.41) is 18.8. The van der Waals surface area contributed by atoms with Crippen LogP contribution >= 0.6 is 0 Å². The molecule has 0 unspecified atom stereocenters. The molecule has 0 heterocycles. The second-order valence-corrected chi connectivity index (χ2v) is 5.28. The highest BCUT2D eigenvalue weighted by molar-refractivity contribution is 6.59. The zero-order valence-corrected chi connectivity index (χ0v) is 11.5. The maximum absolute atomic E-state index is 9.42. The van der Waals surface area contributed by atoms with Crippen molar-refractivity contribution in [3.8, 4) is 11.5 Å². The molecule has 1 fully saturated rings. The van der Waals surface area contributed by atoms with Crippen molar-refractivity contribution in [2.45, 2.75) is 38.7 Å². The number of ether oxygens (including phenoxy) is 2. The highest BCUT2D eigenvalue weighted by atomic mass is 16.5. The summed E-state index contributed by atoms with van der Waals surface area (Å²) in [6, 6.07) is 5.11. The van der Waals surface area contributed by atoms with Gasteiger partial charge in [0.05, 0.1) is 13.2 Å². The normalized spacial score (nSPS) is 22.9. The molecular formula is C14H21BO4. The van der Waals surface area contributed by atoms with Crippen LogP contribution in [0.2, 0.25) is 0 Å². The second kappa shape index (κ2) is 6.30. The van der Waals surface area contributed by atoms with Gasteiger partial charge < -0.3 is 19.5 Å². The zero-order valence-electron chi connectivity index (χ0n) is 11.5. The molecule has 0 spiro atoms. The van der Waals surface area contributed by atoms with Crippen LogP contribution in [0, 0.1) is 5.92 Å². The van der Waals surface area contributed by atoms with Crippen molar-refractivity contribution in [3.05, 3.63) is 18.2 Å². The summed E-state index contributed by atoms with van der Waals surface area (Å²) in [5.41, 5.74) is 0.359. The Morgan fingerprint density at radius 2 is 1.84 bits per heavy atom. The topological polar surface area (TPSA) is 58.9 Å². The SMILES string of the molecule is COc1ccc(OC2CCC(C)CC2)c(B(O)O)c1. The lowest BCUT2D eigenvalue weighted by molar-refractivity contribution is 0.136. The van der Waals surface area contributed by atoms with Crippen molar-refractivity contribution in [2.24, 2.45) is 5.92 Å². The van der Waals surface area contributed by atoms with E-state index >= 15 is 0 Å². The molecule has 19 heavy (non-hydrogen) atoms. The second-order valence-electron chi connectivity index (χ2n) is 5.28. The van der Waals surface area contributed by atoms with Gasteiger partial charge in [-0.2, -0.15) is 0 Å². The smallest absolute Gasteiger partial charge is 0.492 e. The van der Waals surface area contributed by atoms with Gasteiger partial charge in [-0.05, 0) is 49.8 Å². The zero-order chi connectivity index (χ0) is 13.8. The largest absolute Gasteiger partial charge is 0.497 e. The van der Waals surface area contributed by atoms with Gasteiger partial charge in [0.1, 0.15) is 11.5 Å². The summed E-state index contributed by atoms with van der Waals surface area (Å²) in [6.07, 6.45) is 4.54. The van der Waals surface area contributed by atoms with Crippen molar-refractivity contribution in [3.63, 3.8) is 0 Å². The molecule has 1 aromatic rings. The van der Waals surface area contributed by atoms with Crippen molar-refractivity contribution in [1.82, 2.24) is 0 Å². The Morgan fingerprint density at radius 1 is 1.16 bits per heavy atom. The molecule has 0 bridgehead atoms. The molecule has 0 atom stereocenters. The van der Waals surface area contributed by atoms with E-state index in [0.29, 0.717) is 17.0 Å². The lowest BCUT2D eigenvalue weighted by Gasteiger charge is -2.27. The minimum atomic E-state index is -1.55. The first-order valence-electron chi connectivity index (χ1n) is 6.81. The van der Waals surface area contributed by atoms with Gasteiger partial charge in [-0.3, -0.25) is 0 Å². The molecule has 104 valence electrons. The van der Waals surface area contributed by atoms with Crippen LogP contribution in [-0.2, 0) is 0 Å². The summed E-state index contributed by atoms with van der Waals surface area (Å²) >= 11 is 0. The first-order valence-corrected chi connectivity index (χ1v) is 6.81. The fourth-order valence-electron chi connectivity index (χ4n) is 2.49. The molecule has 4 nitrogen and oxygen atoms in total. The summed E-state index contributed by atoms with van der Waals surface area (Å²) in [5.74, 6) is 1.89. The average Bonchev–Trinajstić information content (AvgIpc) is 2.41. The molecule has 2 rings (SSSR count). The van der Waals surface area contributed by atoms with Crippen LogP contribution in [-0.4, -0.2) is 30.4 Å². The van der Waals surface area contributed by atoms with Gasteiger partial charge in [0.25, 0.3) is 0 Å². The lowest BCUT2D eigenvalue weighted by Crippen LogP contribution is -2.34. The predicted octanol–water partition coefficient (Wildman–Crippen LogP) is 1.33. The van der Waals surface area contributed by atoms with Gasteiger partial charge in [0.2, 0.25) is 0 Å². The van der Waals surface area contributed by atoms with Crippen LogP contribution in [0.3, 0.4) is 0 Å². The fourth-order valence-corrected chi connectivity index (χ4v) is 2.49. The lowest BCUT2D eigenvalue weighted by atomic mass is 9.79. The summed E-state index contributed by atoms with van der Waals surface area (Å²) < 4.78 is 11.0. The third-order valence-electron chi connectivity index (χ3n) is 3.75. The standard InChI is InChI=1S/C14H21BO4/c1-10-3-5-11(6-4-10)19-14-8-7-12(18-2)9-13(14)15(16)17/h7-11,16-17H,3-6H2,1-2H3. The average molecular weight is 264 g/mol. The molecule has 1 aliphatic carbocycles. The molecule has 0 radical (unpaired) electrons. The number of rotatable bonds is 4. The first-order chi connectivity index (χ1) is 9.10. The van der Waals surface area contributed by atoms with E-state index in [1.54, 1.807) is 25.3 Å². The van der Waals surface area contributed by atoms with E-state index in [9.17, 15) is 10.0 Å². The van der Waals surface area contributed by atoms with E-state index in [4.69, 9.17) is 9.47 Å². The Morgan fingerprint density at radius 3 is 2.42 bits per heavy atom. The molecule has 2 N–H and O–H groups in total. The highest BCUT2D eigenvalue weighted by Gasteiger charge is 2.23. The predicted molar refractivity (Wildman–Crippen MR) is 74.9 cm³/mol. The maximum Gasteiger partial charge on any atom is 0.492 e. The molecule has 5 heteroatoms. The summed E-state index contributed by atoms with van der Waals surface area (Å²) in [7, 11) is -0.000963. The van der Waals surface area contributed by atoms with Gasteiger partial charge in [-0.1, -0.05) is 6.92 Å². The molecular weight excluding hydrogens is 243 g/mol. The van der Waals surface area contributed by atoms with E-state index in [-0.39, 0.29) is 6.10 Å². The summed E-state index contributed by atoms with van der Waals surface area (Å²) in [6.45, 7) is 2.26. The first kappa shape index (κ1) is 14.2. The molecule has 1 aromatic carbocycles. The molecule has 1 saturated carbocycles. The Kier molecular flexibility index (Phi) is 4.72. The van der Waals surface area contributed by atoms with E-state index < -0.39 is 7.12 Å². The number of methoxy groups -OCH3 is 1. The Labute approximate surface area is 114 Å². The van der Waals surface area contributed by atoms with E-state index in [0.717, 1.165) is 31.6 Å². The van der Waals surface area contributed by atoms with Crippen molar-refractivity contribution in [1.29, 1.82) is 0 Å². The summed E-state index contributed by atoms with van der Waals surface area (Å²) in [4.78, 5) is 0. The van der Waals surface area contributed by atoms with E-state index in [2.05, 4.69) is 6.92 Å². The van der Waals surface area contributed by atoms with Crippen molar-refractivity contribution < 1.29 is 19.5 Å². The minimum absolute atomic E-state index is 0.169. The van der Waals surface area contributed by atoms with Crippen LogP contribution < -0.4 is 14.9 Å². The molecule has 0 saturated heterocycles. The van der Waals surface area contributed by atoms with Crippen LogP contribution in [0.5, 0.6) is 11.5 Å². The van der Waals surface area contributed by atoms with E-state index in [1.807, 2.05) is 0 Å². The minimum Gasteiger partial charge on any atom is -0.497 e. The van der Waals surface area contributed by atoms with Gasteiger partial charge in [0.15, 0.2) is 0 Å². The molecule has 0 amide bonds. The van der Waals surface area contributed by atoms with Gasteiger partial charge >= 0.3 is 7.12 Å². The van der Waals surface area contributed by atoms with Crippen molar-refractivity contribution in [2.75, 3.05) is 7.11 Å². The fraction of sp³-hybridized carbons (Fsp3) is 0.571. The van der Waals surface area contributed by atoms with Crippen molar-refractivity contribution >= 4 is 12.6 Å².